The van der Waals surface area contributed by atoms with Crippen molar-refractivity contribution in [3.63, 3.8) is 0 Å². The zero-order valence-corrected chi connectivity index (χ0v) is 9.73. The molecule has 2 saturated heterocycles. The molecule has 0 saturated carbocycles. The number of carboxylic acid groups (broad SMARTS) is 1. The molecule has 1 atom stereocenters. The van der Waals surface area contributed by atoms with Gasteiger partial charge in [-0.1, -0.05) is 0 Å². The molecule has 2 rings (SSSR count). The summed E-state index contributed by atoms with van der Waals surface area (Å²) < 4.78 is 5.70. The highest BCUT2D eigenvalue weighted by molar-refractivity contribution is 5.70. The van der Waals surface area contributed by atoms with Gasteiger partial charge in [0.25, 0.3) is 0 Å². The van der Waals surface area contributed by atoms with Gasteiger partial charge in [0, 0.05) is 13.2 Å². The Bertz CT molecular complexity index is 230. The number of hydrogen-bond acceptors (Lipinski definition) is 3. The molecular formula is C12H21NO3. The number of carbonyl (C=O) groups is 1. The largest absolute Gasteiger partial charge is 0.481 e. The van der Waals surface area contributed by atoms with Crippen LogP contribution < -0.4 is 0 Å². The monoisotopic (exact) mass is 227 g/mol. The summed E-state index contributed by atoms with van der Waals surface area (Å²) in [5.74, 6) is -0.753. The Morgan fingerprint density at radius 3 is 2.56 bits per heavy atom. The number of ether oxygens (including phenoxy) is 1. The summed E-state index contributed by atoms with van der Waals surface area (Å²) in [5, 5.41) is 8.90. The van der Waals surface area contributed by atoms with Gasteiger partial charge in [0.05, 0.1) is 12.0 Å². The van der Waals surface area contributed by atoms with Gasteiger partial charge in [-0.3, -0.25) is 4.79 Å². The predicted molar refractivity (Wildman–Crippen MR) is 60.4 cm³/mol. The Labute approximate surface area is 96.6 Å². The smallest absolute Gasteiger partial charge is 0.306 e. The van der Waals surface area contributed by atoms with Crippen molar-refractivity contribution in [2.24, 2.45) is 5.92 Å². The van der Waals surface area contributed by atoms with Crippen molar-refractivity contribution in [2.75, 3.05) is 26.2 Å². The van der Waals surface area contributed by atoms with E-state index >= 15 is 0 Å². The summed E-state index contributed by atoms with van der Waals surface area (Å²) in [7, 11) is 0. The third-order valence-corrected chi connectivity index (χ3v) is 3.67. The fourth-order valence-electron chi connectivity index (χ4n) is 2.60. The lowest BCUT2D eigenvalue weighted by molar-refractivity contribution is -0.143. The maximum absolute atomic E-state index is 10.8. The van der Waals surface area contributed by atoms with Gasteiger partial charge in [-0.05, 0) is 45.2 Å². The van der Waals surface area contributed by atoms with E-state index < -0.39 is 5.97 Å². The average molecular weight is 227 g/mol. The molecule has 1 N–H and O–H groups in total. The van der Waals surface area contributed by atoms with E-state index in [1.54, 1.807) is 0 Å². The normalized spacial score (nSPS) is 29.1. The van der Waals surface area contributed by atoms with Gasteiger partial charge >= 0.3 is 5.97 Å². The van der Waals surface area contributed by atoms with Crippen LogP contribution in [0, 0.1) is 5.92 Å². The maximum Gasteiger partial charge on any atom is 0.306 e. The average Bonchev–Trinajstić information content (AvgIpc) is 2.31. The molecule has 1 unspecified atom stereocenters. The number of likely N-dealkylation sites (tertiary alicyclic amines) is 1. The second-order valence-corrected chi connectivity index (χ2v) is 4.90. The lowest BCUT2D eigenvalue weighted by Gasteiger charge is -2.34. The van der Waals surface area contributed by atoms with Gasteiger partial charge in [0.2, 0.25) is 0 Å². The van der Waals surface area contributed by atoms with E-state index in [0.29, 0.717) is 6.10 Å². The molecule has 2 aliphatic rings. The van der Waals surface area contributed by atoms with Crippen molar-refractivity contribution >= 4 is 5.97 Å². The third kappa shape index (κ3) is 3.19. The highest BCUT2D eigenvalue weighted by Gasteiger charge is 2.26. The first-order chi connectivity index (χ1) is 7.75. The molecule has 0 aromatic heterocycles. The van der Waals surface area contributed by atoms with Crippen LogP contribution in [0.2, 0.25) is 0 Å². The standard InChI is InChI=1S/C12H21NO3/c14-12(15)10-4-6-13(7-5-10)9-11-3-1-2-8-16-11/h10-11H,1-9H2,(H,14,15). The first-order valence-electron chi connectivity index (χ1n) is 6.32. The van der Waals surface area contributed by atoms with Gasteiger partial charge in [-0.2, -0.15) is 0 Å². The topological polar surface area (TPSA) is 49.8 Å². The van der Waals surface area contributed by atoms with E-state index in [4.69, 9.17) is 9.84 Å². The zero-order chi connectivity index (χ0) is 11.4. The van der Waals surface area contributed by atoms with E-state index in [-0.39, 0.29) is 5.92 Å². The molecule has 4 heteroatoms. The van der Waals surface area contributed by atoms with Crippen molar-refractivity contribution in [1.82, 2.24) is 4.90 Å². The Hall–Kier alpha value is -0.610. The van der Waals surface area contributed by atoms with Crippen LogP contribution in [0.15, 0.2) is 0 Å². The lowest BCUT2D eigenvalue weighted by atomic mass is 9.96. The summed E-state index contributed by atoms with van der Waals surface area (Å²) in [6.07, 6.45) is 5.60. The minimum absolute atomic E-state index is 0.122. The predicted octanol–water partition coefficient (Wildman–Crippen LogP) is 1.35. The van der Waals surface area contributed by atoms with Crippen molar-refractivity contribution < 1.29 is 14.6 Å². The molecule has 92 valence electrons. The fourth-order valence-corrected chi connectivity index (χ4v) is 2.60. The number of nitrogens with zero attached hydrogens (tertiary/aromatic N) is 1. The van der Waals surface area contributed by atoms with E-state index in [0.717, 1.165) is 39.1 Å². The van der Waals surface area contributed by atoms with Gasteiger partial charge in [-0.15, -0.1) is 0 Å². The number of piperidine rings is 1. The van der Waals surface area contributed by atoms with Crippen LogP contribution in [0.5, 0.6) is 0 Å². The van der Waals surface area contributed by atoms with Crippen molar-refractivity contribution in [3.8, 4) is 0 Å². The Morgan fingerprint density at radius 1 is 1.25 bits per heavy atom. The second-order valence-electron chi connectivity index (χ2n) is 4.90. The molecule has 0 amide bonds. The van der Waals surface area contributed by atoms with Crippen molar-refractivity contribution in [1.29, 1.82) is 0 Å². The number of rotatable bonds is 3. The second kappa shape index (κ2) is 5.64. The van der Waals surface area contributed by atoms with Gasteiger partial charge in [0.15, 0.2) is 0 Å². The summed E-state index contributed by atoms with van der Waals surface area (Å²) in [6, 6.07) is 0. The Morgan fingerprint density at radius 2 is 2.00 bits per heavy atom. The van der Waals surface area contributed by atoms with E-state index in [2.05, 4.69) is 4.90 Å². The fraction of sp³-hybridized carbons (Fsp3) is 0.917. The van der Waals surface area contributed by atoms with E-state index in [1.165, 1.54) is 19.3 Å². The third-order valence-electron chi connectivity index (χ3n) is 3.67. The molecular weight excluding hydrogens is 206 g/mol. The minimum Gasteiger partial charge on any atom is -0.481 e. The minimum atomic E-state index is -0.631. The highest BCUT2D eigenvalue weighted by atomic mass is 16.5. The number of carboxylic acids is 1. The van der Waals surface area contributed by atoms with Crippen LogP contribution in [-0.4, -0.2) is 48.3 Å². The van der Waals surface area contributed by atoms with Gasteiger partial charge in [0.1, 0.15) is 0 Å². The molecule has 0 aromatic rings. The lowest BCUT2D eigenvalue weighted by Crippen LogP contribution is -2.41. The molecule has 2 fully saturated rings. The molecule has 0 spiro atoms. The summed E-state index contributed by atoms with van der Waals surface area (Å²) >= 11 is 0. The maximum atomic E-state index is 10.8. The molecule has 0 bridgehead atoms. The Kier molecular flexibility index (Phi) is 4.18. The molecule has 2 heterocycles. The van der Waals surface area contributed by atoms with Crippen LogP contribution in [-0.2, 0) is 9.53 Å². The van der Waals surface area contributed by atoms with Crippen LogP contribution in [0.1, 0.15) is 32.1 Å². The molecule has 16 heavy (non-hydrogen) atoms. The number of aliphatic carboxylic acids is 1. The highest BCUT2D eigenvalue weighted by Crippen LogP contribution is 2.20. The first kappa shape index (κ1) is 11.9. The van der Waals surface area contributed by atoms with Crippen LogP contribution in [0.3, 0.4) is 0 Å². The molecule has 2 aliphatic heterocycles. The molecule has 4 nitrogen and oxygen atoms in total. The molecule has 0 aromatic carbocycles. The van der Waals surface area contributed by atoms with Crippen LogP contribution in [0.25, 0.3) is 0 Å². The van der Waals surface area contributed by atoms with E-state index in [1.807, 2.05) is 0 Å². The Balaban J connectivity index is 1.70. The quantitative estimate of drug-likeness (QED) is 0.790. The van der Waals surface area contributed by atoms with E-state index in [9.17, 15) is 4.79 Å². The first-order valence-corrected chi connectivity index (χ1v) is 6.32. The van der Waals surface area contributed by atoms with Crippen LogP contribution >= 0.6 is 0 Å². The van der Waals surface area contributed by atoms with Gasteiger partial charge < -0.3 is 14.7 Å². The zero-order valence-electron chi connectivity index (χ0n) is 9.73. The molecule has 0 radical (unpaired) electrons. The summed E-state index contributed by atoms with van der Waals surface area (Å²) in [4.78, 5) is 13.2. The van der Waals surface area contributed by atoms with Crippen molar-refractivity contribution in [2.45, 2.75) is 38.2 Å². The van der Waals surface area contributed by atoms with Gasteiger partial charge in [-0.25, -0.2) is 0 Å². The van der Waals surface area contributed by atoms with Crippen molar-refractivity contribution in [3.05, 3.63) is 0 Å². The summed E-state index contributed by atoms with van der Waals surface area (Å²) in [6.45, 7) is 3.72. The SMILES string of the molecule is O=C(O)C1CCN(CC2CCCCO2)CC1. The van der Waals surface area contributed by atoms with Crippen LogP contribution in [0.4, 0.5) is 0 Å². The molecule has 0 aliphatic carbocycles. The number of hydrogen-bond donors (Lipinski definition) is 1. The summed E-state index contributed by atoms with van der Waals surface area (Å²) in [5.41, 5.74) is 0.